The maximum atomic E-state index is 12.9. The summed E-state index contributed by atoms with van der Waals surface area (Å²) < 4.78 is 18.7. The SMILES string of the molecule is Cc1cccc(OC(C)C(=O)N2CCN(C(=O)Nc3ccc(F)cc3)CC2)c1. The largest absolute Gasteiger partial charge is 0.481 e. The summed E-state index contributed by atoms with van der Waals surface area (Å²) in [6.45, 7) is 5.44. The van der Waals surface area contributed by atoms with Gasteiger partial charge in [0.05, 0.1) is 0 Å². The molecule has 148 valence electrons. The molecule has 1 saturated heterocycles. The second-order valence-corrected chi connectivity index (χ2v) is 6.83. The van der Waals surface area contributed by atoms with Gasteiger partial charge in [0, 0.05) is 31.9 Å². The Morgan fingerprint density at radius 2 is 1.68 bits per heavy atom. The Labute approximate surface area is 163 Å². The number of hydrogen-bond donors (Lipinski definition) is 1. The Hall–Kier alpha value is -3.09. The number of aryl methyl sites for hydroxylation is 1. The molecule has 28 heavy (non-hydrogen) atoms. The number of carbonyl (C=O) groups excluding carboxylic acids is 2. The lowest BCUT2D eigenvalue weighted by Crippen LogP contribution is -2.54. The number of carbonyl (C=O) groups is 2. The smallest absolute Gasteiger partial charge is 0.321 e. The van der Waals surface area contributed by atoms with Crippen LogP contribution in [0.1, 0.15) is 12.5 Å². The van der Waals surface area contributed by atoms with Gasteiger partial charge in [-0.2, -0.15) is 0 Å². The molecule has 1 heterocycles. The number of amides is 3. The number of piperazine rings is 1. The van der Waals surface area contributed by atoms with E-state index in [0.717, 1.165) is 5.56 Å². The molecule has 3 amide bonds. The molecule has 2 aromatic rings. The fourth-order valence-corrected chi connectivity index (χ4v) is 3.07. The zero-order chi connectivity index (χ0) is 20.1. The highest BCUT2D eigenvalue weighted by atomic mass is 19.1. The van der Waals surface area contributed by atoms with Crippen molar-refractivity contribution in [3.63, 3.8) is 0 Å². The third-order valence-electron chi connectivity index (χ3n) is 4.62. The highest BCUT2D eigenvalue weighted by Gasteiger charge is 2.28. The van der Waals surface area contributed by atoms with Crippen LogP contribution in [0.3, 0.4) is 0 Å². The van der Waals surface area contributed by atoms with E-state index < -0.39 is 6.10 Å². The first-order chi connectivity index (χ1) is 13.4. The zero-order valence-electron chi connectivity index (χ0n) is 16.0. The van der Waals surface area contributed by atoms with Crippen LogP contribution in [0.5, 0.6) is 5.75 Å². The van der Waals surface area contributed by atoms with Crippen LogP contribution < -0.4 is 10.1 Å². The first kappa shape index (κ1) is 19.7. The average molecular weight is 385 g/mol. The van der Waals surface area contributed by atoms with Gasteiger partial charge in [0.2, 0.25) is 0 Å². The van der Waals surface area contributed by atoms with E-state index in [1.54, 1.807) is 16.7 Å². The molecule has 0 radical (unpaired) electrons. The molecule has 0 spiro atoms. The van der Waals surface area contributed by atoms with Crippen LogP contribution >= 0.6 is 0 Å². The fourth-order valence-electron chi connectivity index (χ4n) is 3.07. The number of hydrogen-bond acceptors (Lipinski definition) is 3. The van der Waals surface area contributed by atoms with Gasteiger partial charge in [-0.25, -0.2) is 9.18 Å². The Kier molecular flexibility index (Phi) is 6.13. The summed E-state index contributed by atoms with van der Waals surface area (Å²) in [6, 6.07) is 12.9. The van der Waals surface area contributed by atoms with Gasteiger partial charge in [-0.3, -0.25) is 4.79 Å². The van der Waals surface area contributed by atoms with Gasteiger partial charge >= 0.3 is 6.03 Å². The molecular weight excluding hydrogens is 361 g/mol. The Morgan fingerprint density at radius 3 is 2.32 bits per heavy atom. The van der Waals surface area contributed by atoms with Crippen LogP contribution in [0.15, 0.2) is 48.5 Å². The predicted molar refractivity (Wildman–Crippen MR) is 105 cm³/mol. The highest BCUT2D eigenvalue weighted by molar-refractivity contribution is 5.89. The van der Waals surface area contributed by atoms with Gasteiger partial charge < -0.3 is 19.9 Å². The monoisotopic (exact) mass is 385 g/mol. The van der Waals surface area contributed by atoms with Gasteiger partial charge in [-0.15, -0.1) is 0 Å². The highest BCUT2D eigenvalue weighted by Crippen LogP contribution is 2.16. The minimum absolute atomic E-state index is 0.0971. The topological polar surface area (TPSA) is 61.9 Å². The number of benzene rings is 2. The number of nitrogens with zero attached hydrogens (tertiary/aromatic N) is 2. The number of urea groups is 1. The molecule has 1 N–H and O–H groups in total. The summed E-state index contributed by atoms with van der Waals surface area (Å²) in [7, 11) is 0. The molecule has 1 fully saturated rings. The second kappa shape index (κ2) is 8.73. The standard InChI is InChI=1S/C21H24FN3O3/c1-15-4-3-5-19(14-15)28-16(2)20(26)24-10-12-25(13-11-24)21(27)23-18-8-6-17(22)7-9-18/h3-9,14,16H,10-13H2,1-2H3,(H,23,27). The molecule has 6 nitrogen and oxygen atoms in total. The van der Waals surface area contributed by atoms with Crippen LogP contribution in [0.4, 0.5) is 14.9 Å². The molecule has 2 aromatic carbocycles. The average Bonchev–Trinajstić information content (AvgIpc) is 2.69. The lowest BCUT2D eigenvalue weighted by atomic mass is 10.2. The Morgan fingerprint density at radius 1 is 1.04 bits per heavy atom. The summed E-state index contributed by atoms with van der Waals surface area (Å²) >= 11 is 0. The molecule has 1 atom stereocenters. The van der Waals surface area contributed by atoms with Crippen molar-refractivity contribution in [1.29, 1.82) is 0 Å². The van der Waals surface area contributed by atoms with E-state index in [1.807, 2.05) is 31.2 Å². The van der Waals surface area contributed by atoms with E-state index >= 15 is 0 Å². The van der Waals surface area contributed by atoms with Crippen molar-refractivity contribution >= 4 is 17.6 Å². The predicted octanol–water partition coefficient (Wildman–Crippen LogP) is 3.28. The van der Waals surface area contributed by atoms with E-state index in [1.165, 1.54) is 24.3 Å². The molecule has 1 aliphatic rings. The maximum absolute atomic E-state index is 12.9. The van der Waals surface area contributed by atoms with Crippen molar-refractivity contribution in [3.8, 4) is 5.75 Å². The zero-order valence-corrected chi connectivity index (χ0v) is 16.0. The van der Waals surface area contributed by atoms with Crippen LogP contribution in [0.25, 0.3) is 0 Å². The summed E-state index contributed by atoms with van der Waals surface area (Å²) in [5.41, 5.74) is 1.60. The van der Waals surface area contributed by atoms with Crippen molar-refractivity contribution in [2.45, 2.75) is 20.0 Å². The summed E-state index contributed by atoms with van der Waals surface area (Å²) in [5.74, 6) is 0.213. The van der Waals surface area contributed by atoms with Gasteiger partial charge in [0.1, 0.15) is 11.6 Å². The van der Waals surface area contributed by atoms with Crippen LogP contribution in [-0.2, 0) is 4.79 Å². The van der Waals surface area contributed by atoms with Crippen LogP contribution in [-0.4, -0.2) is 54.0 Å². The van der Waals surface area contributed by atoms with Gasteiger partial charge in [-0.1, -0.05) is 12.1 Å². The van der Waals surface area contributed by atoms with E-state index in [-0.39, 0.29) is 17.8 Å². The molecule has 0 saturated carbocycles. The second-order valence-electron chi connectivity index (χ2n) is 6.83. The quantitative estimate of drug-likeness (QED) is 0.879. The maximum Gasteiger partial charge on any atom is 0.321 e. The Balaban J connectivity index is 1.49. The molecule has 0 aromatic heterocycles. The van der Waals surface area contributed by atoms with E-state index in [4.69, 9.17) is 4.74 Å². The molecule has 0 aliphatic carbocycles. The van der Waals surface area contributed by atoms with Crippen molar-refractivity contribution < 1.29 is 18.7 Å². The molecule has 0 bridgehead atoms. The van der Waals surface area contributed by atoms with Crippen molar-refractivity contribution in [2.75, 3.05) is 31.5 Å². The van der Waals surface area contributed by atoms with Gasteiger partial charge in [-0.05, 0) is 55.8 Å². The number of ether oxygens (including phenoxy) is 1. The van der Waals surface area contributed by atoms with Gasteiger partial charge in [0.15, 0.2) is 6.10 Å². The first-order valence-corrected chi connectivity index (χ1v) is 9.26. The number of nitrogens with one attached hydrogen (secondary N) is 1. The Bertz CT molecular complexity index is 833. The summed E-state index contributed by atoms with van der Waals surface area (Å²) in [6.07, 6.45) is -0.596. The van der Waals surface area contributed by atoms with Crippen LogP contribution in [0, 0.1) is 12.7 Å². The molecular formula is C21H24FN3O3. The minimum atomic E-state index is -0.596. The molecule has 7 heteroatoms. The van der Waals surface area contributed by atoms with Gasteiger partial charge in [0.25, 0.3) is 5.91 Å². The van der Waals surface area contributed by atoms with Crippen molar-refractivity contribution in [3.05, 3.63) is 59.9 Å². The molecule has 1 aliphatic heterocycles. The van der Waals surface area contributed by atoms with Crippen molar-refractivity contribution in [1.82, 2.24) is 9.80 Å². The molecule has 3 rings (SSSR count). The number of halogens is 1. The lowest BCUT2D eigenvalue weighted by molar-refractivity contribution is -0.139. The fraction of sp³-hybridized carbons (Fsp3) is 0.333. The third-order valence-corrected chi connectivity index (χ3v) is 4.62. The normalized spacial score (nSPS) is 15.1. The number of rotatable bonds is 4. The third kappa shape index (κ3) is 5.00. The summed E-state index contributed by atoms with van der Waals surface area (Å²) in [5, 5.41) is 2.74. The van der Waals surface area contributed by atoms with E-state index in [0.29, 0.717) is 37.6 Å². The van der Waals surface area contributed by atoms with Crippen LogP contribution in [0.2, 0.25) is 0 Å². The molecule has 1 unspecified atom stereocenters. The van der Waals surface area contributed by atoms with E-state index in [9.17, 15) is 14.0 Å². The van der Waals surface area contributed by atoms with Crippen molar-refractivity contribution in [2.24, 2.45) is 0 Å². The van der Waals surface area contributed by atoms with E-state index in [2.05, 4.69) is 5.32 Å². The number of anilines is 1. The lowest BCUT2D eigenvalue weighted by Gasteiger charge is -2.35. The first-order valence-electron chi connectivity index (χ1n) is 9.26. The summed E-state index contributed by atoms with van der Waals surface area (Å²) in [4.78, 5) is 28.3. The minimum Gasteiger partial charge on any atom is -0.481 e.